The number of rotatable bonds is 4. The van der Waals surface area contributed by atoms with E-state index in [1.165, 1.54) is 0 Å². The Labute approximate surface area is 163 Å². The van der Waals surface area contributed by atoms with Gasteiger partial charge in [0.05, 0.1) is 30.9 Å². The lowest BCUT2D eigenvalue weighted by molar-refractivity contribution is -0.119. The molecule has 0 radical (unpaired) electrons. The van der Waals surface area contributed by atoms with Crippen molar-refractivity contribution in [1.29, 1.82) is 0 Å². The van der Waals surface area contributed by atoms with E-state index in [2.05, 4.69) is 10.6 Å². The SMILES string of the molecule is O=C(Cc1ccccc1)NC(=S)Nc1ccccc1C(=O)N1CCOCC1. The largest absolute Gasteiger partial charge is 0.378 e. The van der Waals surface area contributed by atoms with Gasteiger partial charge in [-0.25, -0.2) is 0 Å². The zero-order valence-electron chi connectivity index (χ0n) is 14.8. The molecular weight excluding hydrogens is 362 g/mol. The van der Waals surface area contributed by atoms with E-state index in [4.69, 9.17) is 17.0 Å². The van der Waals surface area contributed by atoms with Gasteiger partial charge in [-0.3, -0.25) is 9.59 Å². The molecule has 140 valence electrons. The highest BCUT2D eigenvalue weighted by atomic mass is 32.1. The number of carbonyl (C=O) groups excluding carboxylic acids is 2. The van der Waals surface area contributed by atoms with E-state index in [-0.39, 0.29) is 23.3 Å². The molecule has 2 amide bonds. The second-order valence-electron chi connectivity index (χ2n) is 6.11. The molecule has 27 heavy (non-hydrogen) atoms. The highest BCUT2D eigenvalue weighted by Crippen LogP contribution is 2.18. The minimum atomic E-state index is -0.212. The van der Waals surface area contributed by atoms with Crippen molar-refractivity contribution >= 4 is 34.8 Å². The van der Waals surface area contributed by atoms with Crippen LogP contribution in [0.1, 0.15) is 15.9 Å². The lowest BCUT2D eigenvalue weighted by atomic mass is 10.1. The number of nitrogens with one attached hydrogen (secondary N) is 2. The zero-order valence-corrected chi connectivity index (χ0v) is 15.6. The quantitative estimate of drug-likeness (QED) is 0.793. The summed E-state index contributed by atoms with van der Waals surface area (Å²) in [6.07, 6.45) is 0.233. The molecule has 2 N–H and O–H groups in total. The Morgan fingerprint density at radius 3 is 2.41 bits per heavy atom. The highest BCUT2D eigenvalue weighted by Gasteiger charge is 2.21. The lowest BCUT2D eigenvalue weighted by Gasteiger charge is -2.27. The molecule has 0 bridgehead atoms. The summed E-state index contributed by atoms with van der Waals surface area (Å²) < 4.78 is 5.30. The topological polar surface area (TPSA) is 70.7 Å². The van der Waals surface area contributed by atoms with Crippen molar-refractivity contribution in [2.24, 2.45) is 0 Å². The highest BCUT2D eigenvalue weighted by molar-refractivity contribution is 7.80. The Morgan fingerprint density at radius 1 is 1.00 bits per heavy atom. The van der Waals surface area contributed by atoms with Gasteiger partial charge in [0, 0.05) is 13.1 Å². The number of nitrogens with zero attached hydrogens (tertiary/aromatic N) is 1. The molecule has 3 rings (SSSR count). The van der Waals surface area contributed by atoms with Crippen LogP contribution in [-0.2, 0) is 16.0 Å². The molecule has 0 saturated carbocycles. The number of hydrogen-bond acceptors (Lipinski definition) is 4. The Balaban J connectivity index is 1.62. The molecule has 2 aromatic carbocycles. The van der Waals surface area contributed by atoms with Crippen LogP contribution < -0.4 is 10.6 Å². The summed E-state index contributed by atoms with van der Waals surface area (Å²) in [7, 11) is 0. The molecule has 0 atom stereocenters. The summed E-state index contributed by atoms with van der Waals surface area (Å²) in [5.74, 6) is -0.296. The maximum atomic E-state index is 12.8. The second kappa shape index (κ2) is 9.25. The van der Waals surface area contributed by atoms with E-state index in [0.29, 0.717) is 37.6 Å². The number of carbonyl (C=O) groups is 2. The second-order valence-corrected chi connectivity index (χ2v) is 6.52. The Morgan fingerprint density at radius 2 is 1.67 bits per heavy atom. The molecule has 1 heterocycles. The van der Waals surface area contributed by atoms with Crippen molar-refractivity contribution in [2.45, 2.75) is 6.42 Å². The molecule has 0 aromatic heterocycles. The fourth-order valence-corrected chi connectivity index (χ4v) is 3.04. The molecule has 0 unspecified atom stereocenters. The number of morpholine rings is 1. The number of ether oxygens (including phenoxy) is 1. The minimum Gasteiger partial charge on any atom is -0.378 e. The van der Waals surface area contributed by atoms with Crippen molar-refractivity contribution in [3.05, 3.63) is 65.7 Å². The molecule has 0 spiro atoms. The average Bonchev–Trinajstić information content (AvgIpc) is 2.69. The average molecular weight is 383 g/mol. The molecule has 1 aliphatic rings. The predicted octanol–water partition coefficient (Wildman–Crippen LogP) is 2.21. The van der Waals surface area contributed by atoms with E-state index >= 15 is 0 Å². The Hall–Kier alpha value is -2.77. The first-order valence-corrected chi connectivity index (χ1v) is 9.15. The predicted molar refractivity (Wildman–Crippen MR) is 108 cm³/mol. The molecule has 7 heteroatoms. The molecule has 6 nitrogen and oxygen atoms in total. The molecule has 0 aliphatic carbocycles. The third-order valence-corrected chi connectivity index (χ3v) is 4.37. The van der Waals surface area contributed by atoms with Crippen LogP contribution in [0.15, 0.2) is 54.6 Å². The fourth-order valence-electron chi connectivity index (χ4n) is 2.82. The van der Waals surface area contributed by atoms with Gasteiger partial charge in [0.15, 0.2) is 5.11 Å². The number of para-hydroxylation sites is 1. The van der Waals surface area contributed by atoms with Gasteiger partial charge in [-0.2, -0.15) is 0 Å². The van der Waals surface area contributed by atoms with Gasteiger partial charge in [-0.05, 0) is 29.9 Å². The van der Waals surface area contributed by atoms with Crippen LogP contribution in [0.4, 0.5) is 5.69 Å². The van der Waals surface area contributed by atoms with Crippen molar-refractivity contribution in [1.82, 2.24) is 10.2 Å². The van der Waals surface area contributed by atoms with Crippen molar-refractivity contribution in [3.63, 3.8) is 0 Å². The number of amides is 2. The van der Waals surface area contributed by atoms with Crippen molar-refractivity contribution in [3.8, 4) is 0 Å². The van der Waals surface area contributed by atoms with E-state index in [0.717, 1.165) is 5.56 Å². The van der Waals surface area contributed by atoms with E-state index < -0.39 is 0 Å². The maximum Gasteiger partial charge on any atom is 0.256 e. The maximum absolute atomic E-state index is 12.8. The van der Waals surface area contributed by atoms with Gasteiger partial charge in [-0.15, -0.1) is 0 Å². The number of thiocarbonyl (C=S) groups is 1. The van der Waals surface area contributed by atoms with Crippen LogP contribution in [0.25, 0.3) is 0 Å². The van der Waals surface area contributed by atoms with Gasteiger partial charge in [0.1, 0.15) is 0 Å². The summed E-state index contributed by atoms with van der Waals surface area (Å²) in [4.78, 5) is 26.7. The van der Waals surface area contributed by atoms with E-state index in [1.54, 1.807) is 23.1 Å². The van der Waals surface area contributed by atoms with Crippen LogP contribution >= 0.6 is 12.2 Å². The normalized spacial score (nSPS) is 13.7. The molecular formula is C20H21N3O3S. The van der Waals surface area contributed by atoms with Crippen molar-refractivity contribution < 1.29 is 14.3 Å². The molecule has 2 aromatic rings. The monoisotopic (exact) mass is 383 g/mol. The van der Waals surface area contributed by atoms with Gasteiger partial charge >= 0.3 is 0 Å². The summed E-state index contributed by atoms with van der Waals surface area (Å²) in [6.45, 7) is 2.20. The summed E-state index contributed by atoms with van der Waals surface area (Å²) in [5.41, 5.74) is 1.98. The zero-order chi connectivity index (χ0) is 19.1. The van der Waals surface area contributed by atoms with Crippen LogP contribution in [0.2, 0.25) is 0 Å². The Kier molecular flexibility index (Phi) is 6.51. The first-order chi connectivity index (χ1) is 13.1. The minimum absolute atomic E-state index is 0.0835. The van der Waals surface area contributed by atoms with Crippen LogP contribution in [0.3, 0.4) is 0 Å². The van der Waals surface area contributed by atoms with Gasteiger partial charge < -0.3 is 20.3 Å². The van der Waals surface area contributed by atoms with Crippen molar-refractivity contribution in [2.75, 3.05) is 31.6 Å². The third kappa shape index (κ3) is 5.35. The molecule has 1 aliphatic heterocycles. The van der Waals surface area contributed by atoms with Gasteiger partial charge in [0.25, 0.3) is 5.91 Å². The number of benzene rings is 2. The summed E-state index contributed by atoms with van der Waals surface area (Å²) in [6, 6.07) is 16.6. The smallest absolute Gasteiger partial charge is 0.256 e. The first-order valence-electron chi connectivity index (χ1n) is 8.74. The van der Waals surface area contributed by atoms with Crippen LogP contribution in [-0.4, -0.2) is 48.1 Å². The van der Waals surface area contributed by atoms with Crippen LogP contribution in [0, 0.1) is 0 Å². The third-order valence-electron chi connectivity index (χ3n) is 4.16. The summed E-state index contributed by atoms with van der Waals surface area (Å²) in [5, 5.41) is 5.79. The number of hydrogen-bond donors (Lipinski definition) is 2. The van der Waals surface area contributed by atoms with Crippen LogP contribution in [0.5, 0.6) is 0 Å². The molecule has 1 fully saturated rings. The Bertz CT molecular complexity index is 820. The van der Waals surface area contributed by atoms with Gasteiger partial charge in [0.2, 0.25) is 5.91 Å². The standard InChI is InChI=1S/C20H21N3O3S/c24-18(14-15-6-2-1-3-7-15)22-20(27)21-17-9-5-4-8-16(17)19(25)23-10-12-26-13-11-23/h1-9H,10-14H2,(H2,21,22,24,27). The summed E-state index contributed by atoms with van der Waals surface area (Å²) >= 11 is 5.24. The van der Waals surface area contributed by atoms with E-state index in [9.17, 15) is 9.59 Å². The van der Waals surface area contributed by atoms with E-state index in [1.807, 2.05) is 36.4 Å². The molecule has 1 saturated heterocycles. The lowest BCUT2D eigenvalue weighted by Crippen LogP contribution is -2.41. The van der Waals surface area contributed by atoms with Gasteiger partial charge in [-0.1, -0.05) is 42.5 Å². The number of anilines is 1. The first kappa shape index (κ1) is 19.0. The fraction of sp³-hybridized carbons (Fsp3) is 0.250.